The molecule has 0 radical (unpaired) electrons. The summed E-state index contributed by atoms with van der Waals surface area (Å²) in [6.45, 7) is 3.11. The van der Waals surface area contributed by atoms with Crippen molar-refractivity contribution < 1.29 is 9.18 Å². The first-order valence-corrected chi connectivity index (χ1v) is 8.78. The van der Waals surface area contributed by atoms with Crippen molar-refractivity contribution in [2.24, 2.45) is 0 Å². The number of benzene rings is 1. The molecule has 1 aromatic carbocycles. The van der Waals surface area contributed by atoms with Crippen molar-refractivity contribution in [2.45, 2.75) is 32.2 Å². The zero-order valence-corrected chi connectivity index (χ0v) is 13.7. The number of nitrogens with zero attached hydrogens (tertiary/aromatic N) is 2. The molecule has 0 saturated carbocycles. The summed E-state index contributed by atoms with van der Waals surface area (Å²) in [6.07, 6.45) is 4.05. The number of carbonyl (C=O) groups is 1. The van der Waals surface area contributed by atoms with Gasteiger partial charge in [0.25, 0.3) is 0 Å². The highest BCUT2D eigenvalue weighted by atomic mass is 32.1. The molecule has 122 valence electrons. The van der Waals surface area contributed by atoms with E-state index in [0.717, 1.165) is 30.9 Å². The maximum absolute atomic E-state index is 12.9. The largest absolute Gasteiger partial charge is 0.302 e. The van der Waals surface area contributed by atoms with Crippen LogP contribution < -0.4 is 5.32 Å². The molecule has 2 heterocycles. The van der Waals surface area contributed by atoms with Crippen LogP contribution >= 0.6 is 11.3 Å². The number of hydrogen-bond donors (Lipinski definition) is 1. The molecule has 1 aliphatic rings. The number of carbonyl (C=O) groups excluding carboxylic acids is 1. The van der Waals surface area contributed by atoms with E-state index in [-0.39, 0.29) is 18.1 Å². The summed E-state index contributed by atoms with van der Waals surface area (Å²) in [5.74, 6) is -0.424. The van der Waals surface area contributed by atoms with Gasteiger partial charge in [0.2, 0.25) is 5.91 Å². The molecule has 0 aliphatic carbocycles. The second-order valence-corrected chi connectivity index (χ2v) is 6.69. The van der Waals surface area contributed by atoms with Crippen molar-refractivity contribution in [3.05, 3.63) is 46.7 Å². The highest BCUT2D eigenvalue weighted by Gasteiger charge is 2.13. The number of amides is 1. The third-order valence-electron chi connectivity index (χ3n) is 3.91. The van der Waals surface area contributed by atoms with Crippen LogP contribution in [0.1, 0.15) is 30.5 Å². The Morgan fingerprint density at radius 3 is 2.70 bits per heavy atom. The van der Waals surface area contributed by atoms with Crippen LogP contribution in [0.2, 0.25) is 0 Å². The van der Waals surface area contributed by atoms with Crippen LogP contribution in [0, 0.1) is 5.82 Å². The van der Waals surface area contributed by atoms with E-state index in [0.29, 0.717) is 5.13 Å². The van der Waals surface area contributed by atoms with Crippen molar-refractivity contribution in [3.8, 4) is 0 Å². The molecule has 3 rings (SSSR count). The van der Waals surface area contributed by atoms with Crippen LogP contribution in [-0.4, -0.2) is 28.9 Å². The van der Waals surface area contributed by atoms with Gasteiger partial charge in [0.1, 0.15) is 5.82 Å². The van der Waals surface area contributed by atoms with Gasteiger partial charge < -0.3 is 5.32 Å². The summed E-state index contributed by atoms with van der Waals surface area (Å²) in [5, 5.41) is 5.45. The average Bonchev–Trinajstić information content (AvgIpc) is 2.97. The van der Waals surface area contributed by atoms with Crippen molar-refractivity contribution in [1.82, 2.24) is 9.88 Å². The molecule has 1 amide bonds. The highest BCUT2D eigenvalue weighted by molar-refractivity contribution is 7.13. The van der Waals surface area contributed by atoms with E-state index in [9.17, 15) is 9.18 Å². The molecule has 0 spiro atoms. The normalized spacial score (nSPS) is 15.5. The Morgan fingerprint density at radius 2 is 1.96 bits per heavy atom. The maximum atomic E-state index is 12.9. The van der Waals surface area contributed by atoms with Crippen molar-refractivity contribution in [2.75, 3.05) is 18.4 Å². The molecule has 1 N–H and O–H groups in total. The highest BCUT2D eigenvalue weighted by Crippen LogP contribution is 2.19. The zero-order chi connectivity index (χ0) is 16.1. The third kappa shape index (κ3) is 4.84. The molecule has 0 bridgehead atoms. The molecule has 1 fully saturated rings. The Balaban J connectivity index is 1.51. The van der Waals surface area contributed by atoms with Crippen molar-refractivity contribution in [3.63, 3.8) is 0 Å². The molecule has 23 heavy (non-hydrogen) atoms. The minimum atomic E-state index is -0.295. The number of rotatable bonds is 5. The second-order valence-electron chi connectivity index (χ2n) is 5.83. The van der Waals surface area contributed by atoms with Gasteiger partial charge >= 0.3 is 0 Å². The van der Waals surface area contributed by atoms with Crippen LogP contribution in [-0.2, 0) is 17.8 Å². The van der Waals surface area contributed by atoms with Crippen molar-refractivity contribution >= 4 is 22.4 Å². The monoisotopic (exact) mass is 333 g/mol. The number of nitrogens with one attached hydrogen (secondary N) is 1. The van der Waals surface area contributed by atoms with E-state index >= 15 is 0 Å². The Labute approximate surface area is 139 Å². The summed E-state index contributed by atoms with van der Waals surface area (Å²) < 4.78 is 12.9. The van der Waals surface area contributed by atoms with Crippen LogP contribution in [0.4, 0.5) is 9.52 Å². The molecule has 0 atom stereocenters. The number of hydrogen-bond acceptors (Lipinski definition) is 4. The van der Waals surface area contributed by atoms with E-state index in [1.807, 2.05) is 5.38 Å². The fourth-order valence-corrected chi connectivity index (χ4v) is 3.45. The molecular formula is C17H20FN3OS. The van der Waals surface area contributed by atoms with Crippen LogP contribution in [0.5, 0.6) is 0 Å². The summed E-state index contributed by atoms with van der Waals surface area (Å²) in [7, 11) is 0. The Kier molecular flexibility index (Phi) is 5.35. The molecular weight excluding hydrogens is 313 g/mol. The predicted molar refractivity (Wildman–Crippen MR) is 90.0 cm³/mol. The lowest BCUT2D eigenvalue weighted by Gasteiger charge is -2.25. The van der Waals surface area contributed by atoms with Crippen molar-refractivity contribution in [1.29, 1.82) is 0 Å². The lowest BCUT2D eigenvalue weighted by atomic mass is 10.1. The molecule has 1 aromatic heterocycles. The first kappa shape index (κ1) is 16.1. The molecule has 4 nitrogen and oxygen atoms in total. The quantitative estimate of drug-likeness (QED) is 0.911. The van der Waals surface area contributed by atoms with Gasteiger partial charge in [-0.25, -0.2) is 9.37 Å². The maximum Gasteiger partial charge on any atom is 0.230 e. The van der Waals surface area contributed by atoms with Gasteiger partial charge in [-0.2, -0.15) is 0 Å². The minimum Gasteiger partial charge on any atom is -0.302 e. The first-order valence-electron chi connectivity index (χ1n) is 7.90. The standard InChI is InChI=1S/C17H20FN3OS/c18-14-6-4-13(5-7-14)10-16(22)20-17-19-15(12-23-17)11-21-8-2-1-3-9-21/h4-7,12H,1-3,8-11H2,(H,19,20,22). The fourth-order valence-electron chi connectivity index (χ4n) is 2.73. The van der Waals surface area contributed by atoms with E-state index < -0.39 is 0 Å². The molecule has 1 aliphatic heterocycles. The van der Waals surface area contributed by atoms with Gasteiger partial charge in [-0.1, -0.05) is 18.6 Å². The van der Waals surface area contributed by atoms with E-state index in [1.165, 1.54) is 42.7 Å². The van der Waals surface area contributed by atoms with E-state index in [4.69, 9.17) is 0 Å². The van der Waals surface area contributed by atoms with Gasteiger partial charge in [-0.05, 0) is 43.6 Å². The van der Waals surface area contributed by atoms with Gasteiger partial charge in [0, 0.05) is 11.9 Å². The number of anilines is 1. The van der Waals surface area contributed by atoms with Crippen LogP contribution in [0.15, 0.2) is 29.6 Å². The predicted octanol–water partition coefficient (Wildman–Crippen LogP) is 3.45. The number of likely N-dealkylation sites (tertiary alicyclic amines) is 1. The Bertz CT molecular complexity index is 650. The van der Waals surface area contributed by atoms with E-state index in [1.54, 1.807) is 12.1 Å². The van der Waals surface area contributed by atoms with Gasteiger partial charge in [0.05, 0.1) is 12.1 Å². The summed E-state index contributed by atoms with van der Waals surface area (Å²) in [5.41, 5.74) is 1.79. The Morgan fingerprint density at radius 1 is 1.22 bits per heavy atom. The van der Waals surface area contributed by atoms with Gasteiger partial charge in [-0.15, -0.1) is 11.3 Å². The van der Waals surface area contributed by atoms with Crippen LogP contribution in [0.3, 0.4) is 0 Å². The number of halogens is 1. The van der Waals surface area contributed by atoms with Gasteiger partial charge in [0.15, 0.2) is 5.13 Å². The second kappa shape index (κ2) is 7.66. The Hall–Kier alpha value is -1.79. The number of thiazole rings is 1. The van der Waals surface area contributed by atoms with Gasteiger partial charge in [-0.3, -0.25) is 9.69 Å². The SMILES string of the molecule is O=C(Cc1ccc(F)cc1)Nc1nc(CN2CCCCC2)cs1. The molecule has 1 saturated heterocycles. The third-order valence-corrected chi connectivity index (χ3v) is 4.72. The summed E-state index contributed by atoms with van der Waals surface area (Å²) >= 11 is 1.45. The average molecular weight is 333 g/mol. The molecule has 2 aromatic rings. The molecule has 0 unspecified atom stereocenters. The zero-order valence-electron chi connectivity index (χ0n) is 12.9. The summed E-state index contributed by atoms with van der Waals surface area (Å²) in [4.78, 5) is 18.9. The summed E-state index contributed by atoms with van der Waals surface area (Å²) in [6, 6.07) is 5.97. The fraction of sp³-hybridized carbons (Fsp3) is 0.412. The lowest BCUT2D eigenvalue weighted by molar-refractivity contribution is -0.115. The number of aromatic nitrogens is 1. The smallest absolute Gasteiger partial charge is 0.230 e. The minimum absolute atomic E-state index is 0.129. The van der Waals surface area contributed by atoms with E-state index in [2.05, 4.69) is 15.2 Å². The van der Waals surface area contributed by atoms with Crippen LogP contribution in [0.25, 0.3) is 0 Å². The topological polar surface area (TPSA) is 45.2 Å². The molecule has 6 heteroatoms. The lowest BCUT2D eigenvalue weighted by Crippen LogP contribution is -2.29. The number of piperidine rings is 1. The first-order chi connectivity index (χ1) is 11.2.